The molecule has 0 aliphatic heterocycles. The van der Waals surface area contributed by atoms with Crippen molar-refractivity contribution in [3.05, 3.63) is 28.3 Å². The van der Waals surface area contributed by atoms with Gasteiger partial charge in [-0.05, 0) is 6.42 Å². The van der Waals surface area contributed by atoms with Crippen LogP contribution in [-0.2, 0) is 10.8 Å². The van der Waals surface area contributed by atoms with E-state index in [1.54, 1.807) is 12.3 Å². The number of ether oxygens (including phenoxy) is 1. The number of nitrogens with one attached hydrogen (secondary N) is 1. The zero-order chi connectivity index (χ0) is 14.4. The van der Waals surface area contributed by atoms with Gasteiger partial charge in [-0.2, -0.15) is 0 Å². The Morgan fingerprint density at radius 3 is 2.68 bits per heavy atom. The van der Waals surface area contributed by atoms with E-state index in [4.69, 9.17) is 4.74 Å². The molecule has 1 aromatic rings. The minimum atomic E-state index is -0.859. The third-order valence-electron chi connectivity index (χ3n) is 2.78. The number of anilines is 1. The molecule has 6 nitrogen and oxygen atoms in total. The van der Waals surface area contributed by atoms with Gasteiger partial charge in [-0.3, -0.25) is 14.3 Å². The molecule has 0 saturated heterocycles. The van der Waals surface area contributed by atoms with Crippen LogP contribution in [0.3, 0.4) is 0 Å². The van der Waals surface area contributed by atoms with Crippen molar-refractivity contribution in [2.75, 3.05) is 25.2 Å². The molecule has 106 valence electrons. The molecular weight excluding hydrogens is 268 g/mol. The molecule has 0 fully saturated rings. The number of hydrogen-bond acceptors (Lipinski definition) is 5. The lowest BCUT2D eigenvalue weighted by molar-refractivity contribution is -0.384. The molecule has 0 spiro atoms. The van der Waals surface area contributed by atoms with Gasteiger partial charge in [0.1, 0.15) is 5.75 Å². The summed E-state index contributed by atoms with van der Waals surface area (Å²) in [5.41, 5.74) is 0.606. The Hall–Kier alpha value is -1.63. The summed E-state index contributed by atoms with van der Waals surface area (Å²) >= 11 is 0. The molecule has 0 amide bonds. The van der Waals surface area contributed by atoms with Gasteiger partial charge in [0.25, 0.3) is 5.69 Å². The maximum atomic E-state index is 11.2. The maximum absolute atomic E-state index is 11.2. The molecule has 7 heteroatoms. The number of nitro benzene ring substituents is 1. The normalized spacial score (nSPS) is 13.6. The minimum Gasteiger partial charge on any atom is -0.496 e. The first-order chi connectivity index (χ1) is 8.93. The van der Waals surface area contributed by atoms with Crippen molar-refractivity contribution in [2.24, 2.45) is 0 Å². The summed E-state index contributed by atoms with van der Waals surface area (Å²) < 4.78 is 16.2. The highest BCUT2D eigenvalue weighted by Crippen LogP contribution is 2.25. The van der Waals surface area contributed by atoms with Crippen LogP contribution in [-0.4, -0.2) is 34.3 Å². The van der Waals surface area contributed by atoms with Gasteiger partial charge in [-0.25, -0.2) is 0 Å². The molecule has 2 atom stereocenters. The Morgan fingerprint density at radius 1 is 1.47 bits per heavy atom. The summed E-state index contributed by atoms with van der Waals surface area (Å²) in [5, 5.41) is 13.9. The van der Waals surface area contributed by atoms with Crippen molar-refractivity contribution in [1.82, 2.24) is 0 Å². The first kappa shape index (κ1) is 15.4. The number of nitro groups is 1. The van der Waals surface area contributed by atoms with Crippen molar-refractivity contribution in [3.8, 4) is 5.75 Å². The Labute approximate surface area is 114 Å². The van der Waals surface area contributed by atoms with E-state index in [2.05, 4.69) is 5.32 Å². The van der Waals surface area contributed by atoms with Crippen LogP contribution < -0.4 is 10.1 Å². The molecule has 0 saturated carbocycles. The summed E-state index contributed by atoms with van der Waals surface area (Å²) in [6, 6.07) is 4.52. The highest BCUT2D eigenvalue weighted by atomic mass is 32.2. The van der Waals surface area contributed by atoms with E-state index < -0.39 is 15.7 Å². The van der Waals surface area contributed by atoms with Crippen LogP contribution in [0.1, 0.15) is 13.3 Å². The van der Waals surface area contributed by atoms with Crippen LogP contribution >= 0.6 is 0 Å². The van der Waals surface area contributed by atoms with Gasteiger partial charge in [0.05, 0.1) is 18.1 Å². The van der Waals surface area contributed by atoms with Gasteiger partial charge in [-0.1, -0.05) is 6.92 Å². The first-order valence-electron chi connectivity index (χ1n) is 5.83. The predicted octanol–water partition coefficient (Wildman–Crippen LogP) is 2.17. The SMILES string of the molecule is COc1cc(NCCC(C)S(C)=O)cc([N+](=O)[O-])c1. The van der Waals surface area contributed by atoms with E-state index in [1.165, 1.54) is 19.2 Å². The van der Waals surface area contributed by atoms with E-state index in [0.29, 0.717) is 18.0 Å². The van der Waals surface area contributed by atoms with Crippen LogP contribution in [0.25, 0.3) is 0 Å². The molecule has 19 heavy (non-hydrogen) atoms. The lowest BCUT2D eigenvalue weighted by Gasteiger charge is -2.11. The molecule has 2 unspecified atom stereocenters. The molecule has 0 bridgehead atoms. The molecule has 1 rings (SSSR count). The van der Waals surface area contributed by atoms with Crippen LogP contribution in [0, 0.1) is 10.1 Å². The van der Waals surface area contributed by atoms with Crippen LogP contribution in [0.2, 0.25) is 0 Å². The van der Waals surface area contributed by atoms with E-state index in [1.807, 2.05) is 6.92 Å². The average Bonchev–Trinajstić information content (AvgIpc) is 2.37. The van der Waals surface area contributed by atoms with Crippen LogP contribution in [0.15, 0.2) is 18.2 Å². The fourth-order valence-corrected chi connectivity index (χ4v) is 1.94. The Bertz CT molecular complexity index is 479. The molecule has 1 aromatic carbocycles. The van der Waals surface area contributed by atoms with Crippen molar-refractivity contribution in [1.29, 1.82) is 0 Å². The van der Waals surface area contributed by atoms with Gasteiger partial charge in [-0.15, -0.1) is 0 Å². The first-order valence-corrected chi connectivity index (χ1v) is 7.45. The molecule has 0 aliphatic rings. The van der Waals surface area contributed by atoms with E-state index in [0.717, 1.165) is 6.42 Å². The molecular formula is C12H18N2O4S. The van der Waals surface area contributed by atoms with Gasteiger partial charge < -0.3 is 10.1 Å². The molecule has 1 N–H and O–H groups in total. The molecule has 0 aliphatic carbocycles. The minimum absolute atomic E-state index is 0.0195. The Balaban J connectivity index is 2.70. The predicted molar refractivity (Wildman–Crippen MR) is 76.3 cm³/mol. The lowest BCUT2D eigenvalue weighted by Crippen LogP contribution is -2.14. The summed E-state index contributed by atoms with van der Waals surface area (Å²) in [7, 11) is 0.605. The van der Waals surface area contributed by atoms with Gasteiger partial charge >= 0.3 is 0 Å². The third-order valence-corrected chi connectivity index (χ3v) is 4.15. The van der Waals surface area contributed by atoms with E-state index in [9.17, 15) is 14.3 Å². The van der Waals surface area contributed by atoms with Crippen molar-refractivity contribution >= 4 is 22.2 Å². The molecule has 0 radical (unpaired) electrons. The number of benzene rings is 1. The zero-order valence-corrected chi connectivity index (χ0v) is 12.0. The molecule has 0 aromatic heterocycles. The van der Waals surface area contributed by atoms with Crippen molar-refractivity contribution < 1.29 is 13.9 Å². The molecule has 0 heterocycles. The number of nitrogens with zero attached hydrogens (tertiary/aromatic N) is 1. The number of hydrogen-bond donors (Lipinski definition) is 1. The maximum Gasteiger partial charge on any atom is 0.275 e. The fraction of sp³-hybridized carbons (Fsp3) is 0.500. The summed E-state index contributed by atoms with van der Waals surface area (Å²) in [4.78, 5) is 10.3. The summed E-state index contributed by atoms with van der Waals surface area (Å²) in [6.45, 7) is 2.51. The summed E-state index contributed by atoms with van der Waals surface area (Å²) in [6.07, 6.45) is 2.40. The topological polar surface area (TPSA) is 81.5 Å². The standard InChI is InChI=1S/C12H18N2O4S/c1-9(19(3)17)4-5-13-10-6-11(14(15)16)8-12(7-10)18-2/h6-9,13H,4-5H2,1-3H3. The van der Waals surface area contributed by atoms with E-state index >= 15 is 0 Å². The second-order valence-electron chi connectivity index (χ2n) is 4.20. The smallest absolute Gasteiger partial charge is 0.275 e. The largest absolute Gasteiger partial charge is 0.496 e. The van der Waals surface area contributed by atoms with E-state index in [-0.39, 0.29) is 10.9 Å². The number of rotatable bonds is 7. The second kappa shape index (κ2) is 7.08. The quantitative estimate of drug-likeness (QED) is 0.613. The highest BCUT2D eigenvalue weighted by molar-refractivity contribution is 7.84. The Kier molecular flexibility index (Phi) is 5.75. The van der Waals surface area contributed by atoms with Crippen LogP contribution in [0.5, 0.6) is 5.75 Å². The third kappa shape index (κ3) is 4.86. The monoisotopic (exact) mass is 286 g/mol. The summed E-state index contributed by atoms with van der Waals surface area (Å²) in [5.74, 6) is 0.434. The zero-order valence-electron chi connectivity index (χ0n) is 11.2. The van der Waals surface area contributed by atoms with Gasteiger partial charge in [0.2, 0.25) is 0 Å². The Morgan fingerprint density at radius 2 is 2.16 bits per heavy atom. The van der Waals surface area contributed by atoms with Gasteiger partial charge in [0.15, 0.2) is 0 Å². The van der Waals surface area contributed by atoms with Crippen molar-refractivity contribution in [2.45, 2.75) is 18.6 Å². The van der Waals surface area contributed by atoms with Crippen LogP contribution in [0.4, 0.5) is 11.4 Å². The number of non-ortho nitro benzene ring substituents is 1. The lowest BCUT2D eigenvalue weighted by atomic mass is 10.2. The second-order valence-corrected chi connectivity index (χ2v) is 6.00. The van der Waals surface area contributed by atoms with Gasteiger partial charge in [0, 0.05) is 46.7 Å². The number of methoxy groups -OCH3 is 1. The average molecular weight is 286 g/mol. The highest BCUT2D eigenvalue weighted by Gasteiger charge is 2.11. The van der Waals surface area contributed by atoms with Crippen molar-refractivity contribution in [3.63, 3.8) is 0 Å². The fourth-order valence-electron chi connectivity index (χ4n) is 1.49.